The van der Waals surface area contributed by atoms with Crippen LogP contribution < -0.4 is 10.6 Å². The first-order chi connectivity index (χ1) is 12.1. The molecule has 1 saturated heterocycles. The van der Waals surface area contributed by atoms with Crippen molar-refractivity contribution in [3.05, 3.63) is 46.1 Å². The van der Waals surface area contributed by atoms with Crippen LogP contribution in [0.1, 0.15) is 31.2 Å². The first-order valence-corrected chi connectivity index (χ1v) is 9.34. The van der Waals surface area contributed by atoms with E-state index in [1.165, 1.54) is 0 Å². The minimum Gasteiger partial charge on any atom is -0.317 e. The molecule has 1 amide bonds. The Kier molecular flexibility index (Phi) is 8.22. The van der Waals surface area contributed by atoms with Crippen LogP contribution in [-0.4, -0.2) is 28.8 Å². The van der Waals surface area contributed by atoms with E-state index in [1.54, 1.807) is 29.1 Å². The average molecular weight is 418 g/mol. The average Bonchev–Trinajstić information content (AvgIpc) is 3.03. The van der Waals surface area contributed by atoms with Gasteiger partial charge in [0, 0.05) is 22.5 Å². The van der Waals surface area contributed by atoms with Gasteiger partial charge in [0.1, 0.15) is 5.82 Å². The highest BCUT2D eigenvalue weighted by Crippen LogP contribution is 2.23. The number of rotatable bonds is 6. The quantitative estimate of drug-likeness (QED) is 0.733. The third-order valence-electron chi connectivity index (χ3n) is 4.56. The van der Waals surface area contributed by atoms with Gasteiger partial charge in [-0.25, -0.2) is 4.68 Å². The molecule has 2 aromatic rings. The fourth-order valence-corrected chi connectivity index (χ4v) is 3.56. The van der Waals surface area contributed by atoms with E-state index in [-0.39, 0.29) is 18.3 Å². The Morgan fingerprint density at radius 2 is 2.04 bits per heavy atom. The Labute approximate surface area is 169 Å². The number of anilines is 1. The van der Waals surface area contributed by atoms with E-state index in [1.807, 2.05) is 6.07 Å². The summed E-state index contributed by atoms with van der Waals surface area (Å²) in [4.78, 5) is 12.3. The molecule has 0 unspecified atom stereocenters. The molecule has 1 aliphatic heterocycles. The lowest BCUT2D eigenvalue weighted by Gasteiger charge is -2.22. The van der Waals surface area contributed by atoms with Gasteiger partial charge in [-0.2, -0.15) is 5.10 Å². The third-order valence-corrected chi connectivity index (χ3v) is 5.14. The van der Waals surface area contributed by atoms with Gasteiger partial charge in [-0.3, -0.25) is 4.79 Å². The number of hydrogen-bond acceptors (Lipinski definition) is 3. The lowest BCUT2D eigenvalue weighted by atomic mass is 9.93. The fraction of sp³-hybridized carbons (Fsp3) is 0.444. The van der Waals surface area contributed by atoms with Gasteiger partial charge >= 0.3 is 0 Å². The molecule has 8 heteroatoms. The topological polar surface area (TPSA) is 59.0 Å². The number of aromatic nitrogens is 2. The van der Waals surface area contributed by atoms with Crippen LogP contribution in [-0.2, 0) is 11.3 Å². The van der Waals surface area contributed by atoms with Crippen LogP contribution in [0.3, 0.4) is 0 Å². The maximum Gasteiger partial charge on any atom is 0.225 e. The van der Waals surface area contributed by atoms with Crippen LogP contribution in [0, 0.1) is 5.92 Å². The van der Waals surface area contributed by atoms with E-state index in [9.17, 15) is 4.79 Å². The Balaban J connectivity index is 0.00000243. The third kappa shape index (κ3) is 5.88. The Morgan fingerprint density at radius 1 is 1.27 bits per heavy atom. The van der Waals surface area contributed by atoms with Gasteiger partial charge in [0.2, 0.25) is 5.91 Å². The van der Waals surface area contributed by atoms with Gasteiger partial charge in [0.15, 0.2) is 0 Å². The molecule has 0 aliphatic carbocycles. The maximum atomic E-state index is 12.3. The summed E-state index contributed by atoms with van der Waals surface area (Å²) < 4.78 is 1.73. The monoisotopic (exact) mass is 416 g/mol. The van der Waals surface area contributed by atoms with Gasteiger partial charge in [-0.05, 0) is 56.0 Å². The molecular weight excluding hydrogens is 395 g/mol. The summed E-state index contributed by atoms with van der Waals surface area (Å²) in [6.45, 7) is 2.59. The second-order valence-electron chi connectivity index (χ2n) is 6.39. The standard InChI is InChI=1S/C18H22Cl2N4O.ClH/c19-15-3-2-14(16(20)11-15)12-24-17(7-10-22-24)23-18(25)4-1-13-5-8-21-9-6-13;/h2-3,7,10-11,13,21H,1,4-6,8-9,12H2,(H,23,25);1H. The van der Waals surface area contributed by atoms with E-state index >= 15 is 0 Å². The van der Waals surface area contributed by atoms with Crippen LogP contribution >= 0.6 is 35.6 Å². The van der Waals surface area contributed by atoms with Crippen LogP contribution in [0.25, 0.3) is 0 Å². The van der Waals surface area contributed by atoms with E-state index in [0.29, 0.717) is 34.7 Å². The summed E-state index contributed by atoms with van der Waals surface area (Å²) in [7, 11) is 0. The minimum absolute atomic E-state index is 0. The predicted molar refractivity (Wildman–Crippen MR) is 108 cm³/mol. The van der Waals surface area contributed by atoms with Crippen molar-refractivity contribution in [1.82, 2.24) is 15.1 Å². The highest BCUT2D eigenvalue weighted by atomic mass is 35.5. The second-order valence-corrected chi connectivity index (χ2v) is 7.23. The molecule has 2 N–H and O–H groups in total. The Bertz CT molecular complexity index is 729. The summed E-state index contributed by atoms with van der Waals surface area (Å²) >= 11 is 12.2. The molecule has 0 atom stereocenters. The zero-order chi connectivity index (χ0) is 17.6. The Morgan fingerprint density at radius 3 is 2.77 bits per heavy atom. The maximum absolute atomic E-state index is 12.3. The summed E-state index contributed by atoms with van der Waals surface area (Å²) in [5.74, 6) is 1.36. The van der Waals surface area contributed by atoms with Crippen LogP contribution in [0.15, 0.2) is 30.5 Å². The van der Waals surface area contributed by atoms with Gasteiger partial charge in [0.25, 0.3) is 0 Å². The molecule has 142 valence electrons. The van der Waals surface area contributed by atoms with E-state index in [2.05, 4.69) is 15.7 Å². The van der Waals surface area contributed by atoms with Gasteiger partial charge < -0.3 is 10.6 Å². The largest absolute Gasteiger partial charge is 0.317 e. The van der Waals surface area contributed by atoms with Crippen molar-refractivity contribution in [2.45, 2.75) is 32.2 Å². The number of hydrogen-bond donors (Lipinski definition) is 2. The number of piperidine rings is 1. The van der Waals surface area contributed by atoms with Crippen LogP contribution in [0.5, 0.6) is 0 Å². The number of nitrogens with zero attached hydrogens (tertiary/aromatic N) is 2. The first kappa shape index (κ1) is 21.0. The second kappa shape index (κ2) is 10.2. The zero-order valence-corrected chi connectivity index (χ0v) is 16.7. The van der Waals surface area contributed by atoms with Crippen molar-refractivity contribution < 1.29 is 4.79 Å². The number of carbonyl (C=O) groups is 1. The van der Waals surface area contributed by atoms with Crippen LogP contribution in [0.4, 0.5) is 5.82 Å². The van der Waals surface area contributed by atoms with Gasteiger partial charge in [-0.1, -0.05) is 29.3 Å². The molecule has 0 spiro atoms. The smallest absolute Gasteiger partial charge is 0.225 e. The van der Waals surface area contributed by atoms with Crippen LogP contribution in [0.2, 0.25) is 10.0 Å². The number of benzene rings is 1. The molecule has 3 rings (SSSR count). The van der Waals surface area contributed by atoms with Crippen molar-refractivity contribution in [3.8, 4) is 0 Å². The summed E-state index contributed by atoms with van der Waals surface area (Å²) in [5, 5.41) is 11.8. The lowest BCUT2D eigenvalue weighted by molar-refractivity contribution is -0.116. The number of halogens is 3. The molecule has 1 fully saturated rings. The summed E-state index contributed by atoms with van der Waals surface area (Å²) in [6.07, 6.45) is 5.45. The SMILES string of the molecule is Cl.O=C(CCC1CCNCC1)Nc1ccnn1Cc1ccc(Cl)cc1Cl. The summed E-state index contributed by atoms with van der Waals surface area (Å²) in [6, 6.07) is 7.17. The molecule has 0 bridgehead atoms. The zero-order valence-electron chi connectivity index (χ0n) is 14.4. The van der Waals surface area contributed by atoms with E-state index < -0.39 is 0 Å². The first-order valence-electron chi connectivity index (χ1n) is 8.58. The highest BCUT2D eigenvalue weighted by Gasteiger charge is 2.15. The molecule has 2 heterocycles. The molecule has 5 nitrogen and oxygen atoms in total. The number of nitrogens with one attached hydrogen (secondary N) is 2. The van der Waals surface area contributed by atoms with E-state index in [0.717, 1.165) is 37.9 Å². The molecule has 1 aromatic carbocycles. The van der Waals surface area contributed by atoms with Crippen molar-refractivity contribution in [3.63, 3.8) is 0 Å². The lowest BCUT2D eigenvalue weighted by Crippen LogP contribution is -2.28. The minimum atomic E-state index is 0. The fourth-order valence-electron chi connectivity index (χ4n) is 3.09. The molecule has 0 saturated carbocycles. The summed E-state index contributed by atoms with van der Waals surface area (Å²) in [5.41, 5.74) is 0.903. The molecule has 1 aliphatic rings. The normalized spacial score (nSPS) is 14.7. The number of carbonyl (C=O) groups excluding carboxylic acids is 1. The van der Waals surface area contributed by atoms with E-state index in [4.69, 9.17) is 23.2 Å². The Hall–Kier alpha value is -1.27. The van der Waals surface area contributed by atoms with Crippen molar-refractivity contribution in [1.29, 1.82) is 0 Å². The highest BCUT2D eigenvalue weighted by molar-refractivity contribution is 6.35. The van der Waals surface area contributed by atoms with Crippen molar-refractivity contribution in [2.75, 3.05) is 18.4 Å². The molecule has 26 heavy (non-hydrogen) atoms. The van der Waals surface area contributed by atoms with Crippen molar-refractivity contribution in [2.24, 2.45) is 5.92 Å². The predicted octanol–water partition coefficient (Wildman–Crippen LogP) is 4.38. The molecular formula is C18H23Cl3N4O. The molecule has 1 aromatic heterocycles. The number of amides is 1. The van der Waals surface area contributed by atoms with Gasteiger partial charge in [-0.15, -0.1) is 12.4 Å². The van der Waals surface area contributed by atoms with Gasteiger partial charge in [0.05, 0.1) is 12.7 Å². The molecule has 0 radical (unpaired) electrons. The van der Waals surface area contributed by atoms with Crippen molar-refractivity contribution >= 4 is 47.3 Å².